The smallest absolute Gasteiger partial charge is 0.290 e. The third kappa shape index (κ3) is 3.88. The van der Waals surface area contributed by atoms with Gasteiger partial charge in [-0.15, -0.1) is 0 Å². The number of nitrogens with one attached hydrogen (secondary N) is 1. The van der Waals surface area contributed by atoms with Crippen molar-refractivity contribution in [1.82, 2.24) is 5.27 Å². The lowest BCUT2D eigenvalue weighted by molar-refractivity contribution is -0.772. The number of halogens is 1. The van der Waals surface area contributed by atoms with Crippen molar-refractivity contribution < 1.29 is 19.1 Å². The zero-order valence-corrected chi connectivity index (χ0v) is 12.2. The summed E-state index contributed by atoms with van der Waals surface area (Å²) in [7, 11) is 1.61. The van der Waals surface area contributed by atoms with Crippen LogP contribution in [0.2, 0.25) is 5.02 Å². The number of aryl methyl sites for hydroxylation is 1. The second-order valence-corrected chi connectivity index (χ2v) is 5.46. The predicted octanol–water partition coefficient (Wildman–Crippen LogP) is 1.35. The molecule has 0 spiro atoms. The quantitative estimate of drug-likeness (QED) is 0.665. The molecule has 106 valence electrons. The summed E-state index contributed by atoms with van der Waals surface area (Å²) in [6.45, 7) is 0. The highest BCUT2D eigenvalue weighted by Crippen LogP contribution is 2.22. The zero-order chi connectivity index (χ0) is 14.5. The Bertz CT molecular complexity index is 581. The van der Waals surface area contributed by atoms with E-state index in [9.17, 15) is 9.90 Å². The summed E-state index contributed by atoms with van der Waals surface area (Å²) in [4.78, 5) is 11.7. The third-order valence-electron chi connectivity index (χ3n) is 2.41. The number of aromatic nitrogens is 2. The van der Waals surface area contributed by atoms with E-state index in [2.05, 4.69) is 15.1 Å². The van der Waals surface area contributed by atoms with Gasteiger partial charge in [0.15, 0.2) is 13.0 Å². The molecule has 2 rings (SSSR count). The number of anilines is 1. The molecule has 0 unspecified atom stereocenters. The number of carbonyl (C=O) groups excluding carboxylic acids is 1. The molecule has 8 heteroatoms. The Morgan fingerprint density at radius 2 is 2.20 bits per heavy atom. The molecule has 0 aliphatic heterocycles. The molecule has 6 nitrogen and oxygen atoms in total. The van der Waals surface area contributed by atoms with Gasteiger partial charge in [-0.25, -0.2) is 0 Å². The molecule has 0 aliphatic rings. The molecular formula is C12H12ClN3O3S. The first-order valence-corrected chi connectivity index (χ1v) is 7.14. The van der Waals surface area contributed by atoms with Gasteiger partial charge in [0.2, 0.25) is 5.91 Å². The lowest BCUT2D eigenvalue weighted by atomic mass is 10.3. The lowest BCUT2D eigenvalue weighted by Gasteiger charge is -2.04. The molecule has 0 saturated carbocycles. The van der Waals surface area contributed by atoms with Crippen molar-refractivity contribution in [2.75, 3.05) is 11.1 Å². The Kier molecular flexibility index (Phi) is 4.86. The van der Waals surface area contributed by atoms with Crippen LogP contribution in [0.3, 0.4) is 0 Å². The van der Waals surface area contributed by atoms with E-state index < -0.39 is 5.95 Å². The first-order chi connectivity index (χ1) is 9.56. The van der Waals surface area contributed by atoms with Gasteiger partial charge in [0.05, 0.1) is 5.27 Å². The van der Waals surface area contributed by atoms with Gasteiger partial charge >= 0.3 is 0 Å². The Labute approximate surface area is 124 Å². The molecule has 0 aliphatic carbocycles. The molecular weight excluding hydrogens is 302 g/mol. The second-order valence-electron chi connectivity index (χ2n) is 3.94. The van der Waals surface area contributed by atoms with Crippen LogP contribution in [-0.2, 0) is 11.8 Å². The maximum Gasteiger partial charge on any atom is 0.290 e. The van der Waals surface area contributed by atoms with E-state index >= 15 is 0 Å². The van der Waals surface area contributed by atoms with Gasteiger partial charge < -0.3 is 14.9 Å². The molecule has 0 saturated heterocycles. The van der Waals surface area contributed by atoms with Crippen LogP contribution in [0.1, 0.15) is 6.42 Å². The van der Waals surface area contributed by atoms with Gasteiger partial charge in [-0.1, -0.05) is 28.0 Å². The first kappa shape index (κ1) is 14.7. The Morgan fingerprint density at radius 3 is 2.80 bits per heavy atom. The van der Waals surface area contributed by atoms with Crippen molar-refractivity contribution in [3.63, 3.8) is 0 Å². The van der Waals surface area contributed by atoms with E-state index in [-0.39, 0.29) is 12.3 Å². The van der Waals surface area contributed by atoms with Crippen molar-refractivity contribution in [1.29, 1.82) is 0 Å². The highest BCUT2D eigenvalue weighted by atomic mass is 35.5. The summed E-state index contributed by atoms with van der Waals surface area (Å²) < 4.78 is 5.83. The van der Waals surface area contributed by atoms with Crippen molar-refractivity contribution >= 4 is 35.0 Å². The average molecular weight is 314 g/mol. The monoisotopic (exact) mass is 313 g/mol. The average Bonchev–Trinajstić information content (AvgIpc) is 2.73. The first-order valence-electron chi connectivity index (χ1n) is 5.77. The summed E-state index contributed by atoms with van der Waals surface area (Å²) in [5.74, 6) is -0.161. The van der Waals surface area contributed by atoms with Crippen LogP contribution in [0.15, 0.2) is 33.8 Å². The van der Waals surface area contributed by atoms with Gasteiger partial charge in [-0.3, -0.25) is 4.79 Å². The minimum Gasteiger partial charge on any atom is -0.538 e. The molecule has 1 amide bonds. The largest absolute Gasteiger partial charge is 0.538 e. The maximum atomic E-state index is 11.7. The van der Waals surface area contributed by atoms with Crippen molar-refractivity contribution in [3.8, 4) is 5.95 Å². The fraction of sp³-hybridized carbons (Fsp3) is 0.250. The van der Waals surface area contributed by atoms with Gasteiger partial charge in [0.1, 0.15) is 0 Å². The Hall–Kier alpha value is -1.73. The van der Waals surface area contributed by atoms with E-state index in [1.165, 1.54) is 16.4 Å². The number of rotatable bonds is 5. The van der Waals surface area contributed by atoms with Crippen molar-refractivity contribution in [2.45, 2.75) is 11.4 Å². The van der Waals surface area contributed by atoms with Crippen LogP contribution in [0.25, 0.3) is 0 Å². The molecule has 2 aromatic rings. The predicted molar refractivity (Wildman–Crippen MR) is 72.5 cm³/mol. The van der Waals surface area contributed by atoms with Gasteiger partial charge in [0, 0.05) is 22.9 Å². The zero-order valence-electron chi connectivity index (χ0n) is 10.6. The fourth-order valence-electron chi connectivity index (χ4n) is 1.46. The number of thioether (sulfide) groups is 1. The SMILES string of the molecule is C[n+]1noc([O-])c1SCCC(=O)Nc1ccc(Cl)cc1. The summed E-state index contributed by atoms with van der Waals surface area (Å²) in [6, 6.07) is 6.85. The van der Waals surface area contributed by atoms with Crippen LogP contribution >= 0.6 is 23.4 Å². The summed E-state index contributed by atoms with van der Waals surface area (Å²) in [6.07, 6.45) is 0.276. The molecule has 1 aromatic carbocycles. The van der Waals surface area contributed by atoms with Crippen LogP contribution in [0.5, 0.6) is 5.95 Å². The van der Waals surface area contributed by atoms with Gasteiger partial charge in [-0.05, 0) is 24.3 Å². The van der Waals surface area contributed by atoms with E-state index in [0.29, 0.717) is 21.5 Å². The lowest BCUT2D eigenvalue weighted by Crippen LogP contribution is -2.32. The normalized spacial score (nSPS) is 10.5. The van der Waals surface area contributed by atoms with Crippen LogP contribution in [-0.4, -0.2) is 16.9 Å². The van der Waals surface area contributed by atoms with Gasteiger partial charge in [0.25, 0.3) is 5.03 Å². The molecule has 1 heterocycles. The van der Waals surface area contributed by atoms with Gasteiger partial charge in [-0.2, -0.15) is 0 Å². The van der Waals surface area contributed by atoms with Crippen LogP contribution in [0, 0.1) is 0 Å². The van der Waals surface area contributed by atoms with E-state index in [1.54, 1.807) is 31.3 Å². The molecule has 0 radical (unpaired) electrons. The highest BCUT2D eigenvalue weighted by Gasteiger charge is 2.14. The standard InChI is InChI=1S/C12H12ClN3O3S/c1-16-11(12(18)19-15-16)20-7-6-10(17)14-9-4-2-8(13)3-5-9/h2-5H,6-7H2,1H3,(H-,14,15,17,18). The molecule has 1 aromatic heterocycles. The number of benzene rings is 1. The maximum absolute atomic E-state index is 11.7. The Morgan fingerprint density at radius 1 is 1.50 bits per heavy atom. The topological polar surface area (TPSA) is 82.1 Å². The van der Waals surface area contributed by atoms with Crippen LogP contribution in [0.4, 0.5) is 5.69 Å². The summed E-state index contributed by atoms with van der Waals surface area (Å²) in [5, 5.41) is 18.5. The number of hydrogen-bond donors (Lipinski definition) is 1. The molecule has 0 fully saturated rings. The fourth-order valence-corrected chi connectivity index (χ4v) is 2.44. The third-order valence-corrected chi connectivity index (χ3v) is 3.78. The molecule has 1 N–H and O–H groups in total. The number of nitrogens with zero attached hydrogens (tertiary/aromatic N) is 2. The number of hydrogen-bond acceptors (Lipinski definition) is 5. The summed E-state index contributed by atoms with van der Waals surface area (Å²) in [5.41, 5.74) is 0.685. The Balaban J connectivity index is 1.79. The molecule has 0 bridgehead atoms. The minimum atomic E-state index is -0.490. The van der Waals surface area contributed by atoms with Crippen molar-refractivity contribution in [2.24, 2.45) is 7.05 Å². The molecule has 20 heavy (non-hydrogen) atoms. The number of amides is 1. The molecule has 0 atom stereocenters. The van der Waals surface area contributed by atoms with Crippen molar-refractivity contribution in [3.05, 3.63) is 29.3 Å². The van der Waals surface area contributed by atoms with E-state index in [1.807, 2.05) is 0 Å². The summed E-state index contributed by atoms with van der Waals surface area (Å²) >= 11 is 6.99. The van der Waals surface area contributed by atoms with E-state index in [4.69, 9.17) is 11.6 Å². The second kappa shape index (κ2) is 6.62. The highest BCUT2D eigenvalue weighted by molar-refractivity contribution is 7.99. The van der Waals surface area contributed by atoms with E-state index in [0.717, 1.165) is 0 Å². The number of carbonyl (C=O) groups is 1. The minimum absolute atomic E-state index is 0.133. The van der Waals surface area contributed by atoms with Crippen LogP contribution < -0.4 is 15.1 Å².